The molecule has 0 aromatic heterocycles. The monoisotopic (exact) mass is 334 g/mol. The second-order valence-corrected chi connectivity index (χ2v) is 5.68. The van der Waals surface area contributed by atoms with Gasteiger partial charge in [-0.2, -0.15) is 0 Å². The van der Waals surface area contributed by atoms with Gasteiger partial charge in [0.25, 0.3) is 0 Å². The highest BCUT2D eigenvalue weighted by Gasteiger charge is 2.02. The zero-order valence-electron chi connectivity index (χ0n) is 14.6. The van der Waals surface area contributed by atoms with Gasteiger partial charge in [-0.25, -0.2) is 4.79 Å². The summed E-state index contributed by atoms with van der Waals surface area (Å²) in [5.41, 5.74) is 0. The van der Waals surface area contributed by atoms with E-state index in [-0.39, 0.29) is 11.9 Å². The number of carbonyl (C=O) groups is 2. The first kappa shape index (κ1) is 22.1. The largest absolute Gasteiger partial charge is 0.478 e. The van der Waals surface area contributed by atoms with Crippen molar-refractivity contribution < 1.29 is 19.8 Å². The summed E-state index contributed by atoms with van der Waals surface area (Å²) in [7, 11) is 0. The Balaban J connectivity index is 3.78. The van der Waals surface area contributed by atoms with Gasteiger partial charge in [0.1, 0.15) is 0 Å². The van der Waals surface area contributed by atoms with Gasteiger partial charge in [-0.3, -0.25) is 4.79 Å². The van der Waals surface area contributed by atoms with Crippen molar-refractivity contribution in [1.29, 1.82) is 0 Å². The highest BCUT2D eigenvalue weighted by molar-refractivity contribution is 5.99. The van der Waals surface area contributed by atoms with Gasteiger partial charge in [0.05, 0.1) is 6.10 Å². The number of hydrogen-bond donors (Lipinski definition) is 2. The number of hydrogen-bond acceptors (Lipinski definition) is 3. The standard InChI is InChI=1S/C20H30O4/c1-2-3-4-5-8-13-18(21)15-11-12-16-19(22)14-9-6-7-10-17-20(23)24/h6-7,9-10,12,14,16-18,21H,2-5,8,11,13,15H2,1H3,(H,23,24). The molecule has 4 nitrogen and oxygen atoms in total. The van der Waals surface area contributed by atoms with Crippen molar-refractivity contribution in [2.24, 2.45) is 0 Å². The van der Waals surface area contributed by atoms with Crippen LogP contribution >= 0.6 is 0 Å². The van der Waals surface area contributed by atoms with Crippen LogP contribution in [0.4, 0.5) is 0 Å². The quantitative estimate of drug-likeness (QED) is 0.281. The summed E-state index contributed by atoms with van der Waals surface area (Å²) in [5, 5.41) is 18.2. The van der Waals surface area contributed by atoms with Crippen LogP contribution in [0.15, 0.2) is 48.6 Å². The van der Waals surface area contributed by atoms with Crippen LogP contribution < -0.4 is 0 Å². The maximum Gasteiger partial charge on any atom is 0.328 e. The van der Waals surface area contributed by atoms with Gasteiger partial charge in [0, 0.05) is 6.08 Å². The van der Waals surface area contributed by atoms with Crippen molar-refractivity contribution >= 4 is 11.8 Å². The van der Waals surface area contributed by atoms with Crippen molar-refractivity contribution in [1.82, 2.24) is 0 Å². The summed E-state index contributed by atoms with van der Waals surface area (Å²) in [6, 6.07) is 0. The number of carboxylic acids is 1. The summed E-state index contributed by atoms with van der Waals surface area (Å²) in [4.78, 5) is 21.7. The smallest absolute Gasteiger partial charge is 0.328 e. The van der Waals surface area contributed by atoms with Crippen molar-refractivity contribution in [2.45, 2.75) is 64.4 Å². The van der Waals surface area contributed by atoms with E-state index in [4.69, 9.17) is 5.11 Å². The minimum Gasteiger partial charge on any atom is -0.478 e. The predicted molar refractivity (Wildman–Crippen MR) is 97.8 cm³/mol. The molecule has 0 amide bonds. The summed E-state index contributed by atoms with van der Waals surface area (Å²) in [6.45, 7) is 2.18. The van der Waals surface area contributed by atoms with Gasteiger partial charge in [0.2, 0.25) is 0 Å². The number of unbranched alkanes of at least 4 members (excludes halogenated alkanes) is 4. The van der Waals surface area contributed by atoms with Crippen LogP contribution in [0.5, 0.6) is 0 Å². The Hall–Kier alpha value is -1.94. The number of aliphatic hydroxyl groups excluding tert-OH is 1. The number of carbonyl (C=O) groups excluding carboxylic acids is 1. The van der Waals surface area contributed by atoms with E-state index in [0.29, 0.717) is 12.8 Å². The minimum absolute atomic E-state index is 0.129. The molecule has 0 aromatic carbocycles. The summed E-state index contributed by atoms with van der Waals surface area (Å²) in [6.07, 6.45) is 19.7. The first-order chi connectivity index (χ1) is 11.6. The second kappa shape index (κ2) is 15.9. The maximum absolute atomic E-state index is 11.5. The van der Waals surface area contributed by atoms with Crippen LogP contribution in [0, 0.1) is 0 Å². The molecule has 2 N–H and O–H groups in total. The Morgan fingerprint density at radius 2 is 1.54 bits per heavy atom. The summed E-state index contributed by atoms with van der Waals surface area (Å²) < 4.78 is 0. The van der Waals surface area contributed by atoms with Crippen LogP contribution in [0.3, 0.4) is 0 Å². The topological polar surface area (TPSA) is 74.6 Å². The number of ketones is 1. The molecule has 0 aromatic rings. The Morgan fingerprint density at radius 1 is 0.875 bits per heavy atom. The zero-order valence-corrected chi connectivity index (χ0v) is 14.6. The molecule has 0 aliphatic heterocycles. The highest BCUT2D eigenvalue weighted by atomic mass is 16.4. The zero-order chi connectivity index (χ0) is 18.0. The van der Waals surface area contributed by atoms with E-state index in [1.807, 2.05) is 0 Å². The molecular formula is C20H30O4. The first-order valence-corrected chi connectivity index (χ1v) is 8.69. The van der Waals surface area contributed by atoms with E-state index in [0.717, 1.165) is 18.9 Å². The molecule has 1 atom stereocenters. The van der Waals surface area contributed by atoms with Crippen LogP contribution in [-0.2, 0) is 9.59 Å². The van der Waals surface area contributed by atoms with Crippen molar-refractivity contribution in [2.75, 3.05) is 0 Å². The van der Waals surface area contributed by atoms with Gasteiger partial charge in [0.15, 0.2) is 5.78 Å². The van der Waals surface area contributed by atoms with Crippen molar-refractivity contribution in [3.05, 3.63) is 48.6 Å². The molecule has 0 heterocycles. The van der Waals surface area contributed by atoms with Crippen molar-refractivity contribution in [3.8, 4) is 0 Å². The number of aliphatic hydroxyl groups is 1. The Bertz CT molecular complexity index is 458. The van der Waals surface area contributed by atoms with E-state index in [2.05, 4.69) is 6.92 Å². The molecule has 24 heavy (non-hydrogen) atoms. The Morgan fingerprint density at radius 3 is 2.21 bits per heavy atom. The van der Waals surface area contributed by atoms with E-state index in [9.17, 15) is 14.7 Å². The van der Waals surface area contributed by atoms with Crippen LogP contribution in [-0.4, -0.2) is 28.1 Å². The lowest BCUT2D eigenvalue weighted by molar-refractivity contribution is -0.131. The molecule has 0 aliphatic rings. The molecule has 0 saturated heterocycles. The Labute approximate surface area is 145 Å². The van der Waals surface area contributed by atoms with E-state index in [1.54, 1.807) is 24.3 Å². The second-order valence-electron chi connectivity index (χ2n) is 5.68. The highest BCUT2D eigenvalue weighted by Crippen LogP contribution is 2.10. The fourth-order valence-electron chi connectivity index (χ4n) is 2.09. The van der Waals surface area contributed by atoms with Gasteiger partial charge < -0.3 is 10.2 Å². The molecule has 0 saturated carbocycles. The summed E-state index contributed by atoms with van der Waals surface area (Å²) >= 11 is 0. The third-order valence-corrected chi connectivity index (χ3v) is 3.42. The third-order valence-electron chi connectivity index (χ3n) is 3.42. The fraction of sp³-hybridized carbons (Fsp3) is 0.500. The molecule has 0 radical (unpaired) electrons. The minimum atomic E-state index is -1.01. The van der Waals surface area contributed by atoms with Crippen LogP contribution in [0.2, 0.25) is 0 Å². The number of aliphatic carboxylic acids is 1. The first-order valence-electron chi connectivity index (χ1n) is 8.69. The third kappa shape index (κ3) is 16.4. The number of rotatable bonds is 14. The predicted octanol–water partition coefficient (Wildman–Crippen LogP) is 4.37. The van der Waals surface area contributed by atoms with Gasteiger partial charge >= 0.3 is 5.97 Å². The number of allylic oxidation sites excluding steroid dienone is 7. The lowest BCUT2D eigenvalue weighted by Gasteiger charge is -2.08. The fourth-order valence-corrected chi connectivity index (χ4v) is 2.09. The molecule has 1 unspecified atom stereocenters. The van der Waals surface area contributed by atoms with Crippen LogP contribution in [0.1, 0.15) is 58.3 Å². The molecule has 0 spiro atoms. The number of carboxylic acid groups (broad SMARTS) is 1. The Kier molecular flexibility index (Phi) is 14.6. The van der Waals surface area contributed by atoms with Crippen molar-refractivity contribution in [3.63, 3.8) is 0 Å². The van der Waals surface area contributed by atoms with Gasteiger partial charge in [-0.1, -0.05) is 69.4 Å². The van der Waals surface area contributed by atoms with Gasteiger partial charge in [-0.15, -0.1) is 0 Å². The molecule has 134 valence electrons. The molecule has 0 bridgehead atoms. The molecule has 0 fully saturated rings. The molecule has 0 rings (SSSR count). The van der Waals surface area contributed by atoms with Crippen LogP contribution in [0.25, 0.3) is 0 Å². The average molecular weight is 334 g/mol. The lowest BCUT2D eigenvalue weighted by Crippen LogP contribution is -2.05. The summed E-state index contributed by atoms with van der Waals surface area (Å²) in [5.74, 6) is -1.14. The van der Waals surface area contributed by atoms with Gasteiger partial charge in [-0.05, 0) is 31.4 Å². The lowest BCUT2D eigenvalue weighted by atomic mass is 10.0. The maximum atomic E-state index is 11.5. The van der Waals surface area contributed by atoms with E-state index < -0.39 is 5.97 Å². The molecule has 0 aliphatic carbocycles. The average Bonchev–Trinajstić information content (AvgIpc) is 2.54. The molecular weight excluding hydrogens is 304 g/mol. The normalized spacial score (nSPS) is 13.6. The molecule has 4 heteroatoms. The SMILES string of the molecule is CCCCCCCC(O)CCC=CC(=O)C=CC=CC=CC(=O)O. The van der Waals surface area contributed by atoms with E-state index in [1.165, 1.54) is 43.9 Å². The van der Waals surface area contributed by atoms with E-state index >= 15 is 0 Å².